The van der Waals surface area contributed by atoms with Gasteiger partial charge in [0, 0.05) is 18.0 Å². The van der Waals surface area contributed by atoms with Crippen LogP contribution in [0.1, 0.15) is 34.8 Å². The maximum atomic E-state index is 13.4. The minimum Gasteiger partial charge on any atom is -0.350 e. The molecule has 1 atom stereocenters. The van der Waals surface area contributed by atoms with Gasteiger partial charge >= 0.3 is 0 Å². The maximum absolute atomic E-state index is 13.4. The van der Waals surface area contributed by atoms with Crippen LogP contribution in [0.5, 0.6) is 0 Å². The summed E-state index contributed by atoms with van der Waals surface area (Å²) in [6.45, 7) is 3.59. The van der Waals surface area contributed by atoms with Gasteiger partial charge < -0.3 is 10.3 Å². The number of rotatable bonds is 3. The monoisotopic (exact) mass is 302 g/mol. The van der Waals surface area contributed by atoms with Crippen LogP contribution >= 0.6 is 0 Å². The van der Waals surface area contributed by atoms with E-state index in [-0.39, 0.29) is 17.8 Å². The van der Waals surface area contributed by atoms with Crippen LogP contribution in [-0.2, 0) is 7.05 Å². The predicted octanol–water partition coefficient (Wildman–Crippen LogP) is 1.63. The number of hydrogen-bond acceptors (Lipinski definition) is 4. The summed E-state index contributed by atoms with van der Waals surface area (Å²) >= 11 is 0. The summed E-state index contributed by atoms with van der Waals surface area (Å²) < 4.78 is 14.9. The second-order valence-electron chi connectivity index (χ2n) is 5.22. The smallest absolute Gasteiger partial charge is 0.268 e. The third-order valence-corrected chi connectivity index (χ3v) is 3.54. The third-order valence-electron chi connectivity index (χ3n) is 3.54. The summed E-state index contributed by atoms with van der Waals surface area (Å²) in [5.74, 6) is -0.0875. The Morgan fingerprint density at radius 2 is 2.18 bits per heavy atom. The number of carbonyl (C=O) groups is 1. The van der Waals surface area contributed by atoms with E-state index in [0.717, 1.165) is 10.9 Å². The highest BCUT2D eigenvalue weighted by atomic mass is 19.1. The molecule has 0 saturated carbocycles. The van der Waals surface area contributed by atoms with Gasteiger partial charge in [0.15, 0.2) is 5.82 Å². The molecule has 114 valence electrons. The zero-order valence-corrected chi connectivity index (χ0v) is 12.4. The number of halogens is 1. The predicted molar refractivity (Wildman–Crippen MR) is 77.7 cm³/mol. The molecule has 0 spiro atoms. The van der Waals surface area contributed by atoms with Crippen LogP contribution in [0.2, 0.25) is 0 Å². The zero-order chi connectivity index (χ0) is 15.9. The summed E-state index contributed by atoms with van der Waals surface area (Å²) in [4.78, 5) is 15.2. The first kappa shape index (κ1) is 14.2. The number of nitrogens with zero attached hydrogens (tertiary/aromatic N) is 4. The van der Waals surface area contributed by atoms with Crippen molar-refractivity contribution in [3.05, 3.63) is 41.1 Å². The number of nitrogens with one attached hydrogen (secondary N) is 2. The van der Waals surface area contributed by atoms with Crippen molar-refractivity contribution >= 4 is 16.8 Å². The number of aromatic nitrogens is 5. The Kier molecular flexibility index (Phi) is 3.36. The molecular weight excluding hydrogens is 287 g/mol. The van der Waals surface area contributed by atoms with Crippen LogP contribution < -0.4 is 5.32 Å². The number of hydrogen-bond donors (Lipinski definition) is 2. The van der Waals surface area contributed by atoms with Gasteiger partial charge in [0.1, 0.15) is 11.5 Å². The molecule has 0 aliphatic heterocycles. The van der Waals surface area contributed by atoms with E-state index in [0.29, 0.717) is 17.0 Å². The van der Waals surface area contributed by atoms with E-state index in [1.807, 2.05) is 0 Å². The van der Waals surface area contributed by atoms with Crippen LogP contribution in [0.25, 0.3) is 10.9 Å². The summed E-state index contributed by atoms with van der Waals surface area (Å²) in [6.07, 6.45) is 0. The lowest BCUT2D eigenvalue weighted by molar-refractivity contribution is 0.0933. The molecule has 7 nitrogen and oxygen atoms in total. The molecule has 0 aliphatic carbocycles. The Hall–Kier alpha value is -2.77. The van der Waals surface area contributed by atoms with Gasteiger partial charge in [-0.2, -0.15) is 0 Å². The Morgan fingerprint density at radius 3 is 2.86 bits per heavy atom. The molecule has 0 bridgehead atoms. The lowest BCUT2D eigenvalue weighted by Crippen LogP contribution is -2.28. The van der Waals surface area contributed by atoms with Crippen molar-refractivity contribution in [1.29, 1.82) is 0 Å². The molecule has 0 saturated heterocycles. The normalized spacial score (nSPS) is 12.5. The number of aryl methyl sites for hydroxylation is 2. The quantitative estimate of drug-likeness (QED) is 0.769. The molecule has 2 heterocycles. The lowest BCUT2D eigenvalue weighted by Gasteiger charge is -2.11. The average Bonchev–Trinajstić information content (AvgIpc) is 3.04. The largest absolute Gasteiger partial charge is 0.350 e. The van der Waals surface area contributed by atoms with Crippen LogP contribution in [-0.4, -0.2) is 31.1 Å². The highest BCUT2D eigenvalue weighted by Crippen LogP contribution is 2.21. The van der Waals surface area contributed by atoms with Crippen LogP contribution in [0.3, 0.4) is 0 Å². The first-order chi connectivity index (χ1) is 10.5. The summed E-state index contributed by atoms with van der Waals surface area (Å²) in [6, 6.07) is 4.17. The molecule has 1 aromatic carbocycles. The van der Waals surface area contributed by atoms with E-state index in [1.165, 1.54) is 16.8 Å². The van der Waals surface area contributed by atoms with E-state index in [4.69, 9.17) is 0 Å². The van der Waals surface area contributed by atoms with Crippen molar-refractivity contribution in [3.63, 3.8) is 0 Å². The standard InChI is InChI=1S/C14H15FN6O/c1-7-4-9(15)5-11-10(7)6-12(17-11)14(22)16-8(2)13-18-19-20-21(13)3/h4-6,8,17H,1-3H3,(H,16,22)/t8-/m1/s1. The highest BCUT2D eigenvalue weighted by molar-refractivity contribution is 5.98. The van der Waals surface area contributed by atoms with Crippen LogP contribution in [0.4, 0.5) is 4.39 Å². The molecule has 1 amide bonds. The number of tetrazole rings is 1. The lowest BCUT2D eigenvalue weighted by atomic mass is 10.1. The molecular formula is C14H15FN6O. The van der Waals surface area contributed by atoms with E-state index >= 15 is 0 Å². The maximum Gasteiger partial charge on any atom is 0.268 e. The molecule has 0 fully saturated rings. The fraction of sp³-hybridized carbons (Fsp3) is 0.286. The van der Waals surface area contributed by atoms with Gasteiger partial charge in [-0.3, -0.25) is 4.79 Å². The molecule has 2 aromatic heterocycles. The molecule has 0 radical (unpaired) electrons. The van der Waals surface area contributed by atoms with Crippen molar-refractivity contribution in [3.8, 4) is 0 Å². The molecule has 0 unspecified atom stereocenters. The average molecular weight is 302 g/mol. The van der Waals surface area contributed by atoms with Gasteiger partial charge in [-0.05, 0) is 48.0 Å². The minimum atomic E-state index is -0.350. The number of benzene rings is 1. The number of carbonyl (C=O) groups excluding carboxylic acids is 1. The topological polar surface area (TPSA) is 88.5 Å². The summed E-state index contributed by atoms with van der Waals surface area (Å²) in [5.41, 5.74) is 1.73. The summed E-state index contributed by atoms with van der Waals surface area (Å²) in [7, 11) is 1.70. The van der Waals surface area contributed by atoms with E-state index in [1.54, 1.807) is 27.0 Å². The molecule has 0 aliphatic rings. The second-order valence-corrected chi connectivity index (χ2v) is 5.22. The fourth-order valence-electron chi connectivity index (χ4n) is 2.44. The SMILES string of the molecule is Cc1cc(F)cc2[nH]c(C(=O)N[C@H](C)c3nnnn3C)cc12. The Morgan fingerprint density at radius 1 is 1.41 bits per heavy atom. The molecule has 8 heteroatoms. The third kappa shape index (κ3) is 2.43. The number of amides is 1. The van der Waals surface area contributed by atoms with Crippen molar-refractivity contribution in [2.75, 3.05) is 0 Å². The van der Waals surface area contributed by atoms with Crippen molar-refractivity contribution in [2.45, 2.75) is 19.9 Å². The van der Waals surface area contributed by atoms with Gasteiger partial charge in [0.25, 0.3) is 5.91 Å². The van der Waals surface area contributed by atoms with Crippen molar-refractivity contribution in [1.82, 2.24) is 30.5 Å². The molecule has 3 aromatic rings. The number of aromatic amines is 1. The number of fused-ring (bicyclic) bond motifs is 1. The van der Waals surface area contributed by atoms with Gasteiger partial charge in [0.05, 0.1) is 6.04 Å². The van der Waals surface area contributed by atoms with Crippen LogP contribution in [0, 0.1) is 12.7 Å². The first-order valence-corrected chi connectivity index (χ1v) is 6.77. The van der Waals surface area contributed by atoms with E-state index < -0.39 is 0 Å². The molecule has 2 N–H and O–H groups in total. The highest BCUT2D eigenvalue weighted by Gasteiger charge is 2.18. The minimum absolute atomic E-state index is 0.300. The van der Waals surface area contributed by atoms with Crippen molar-refractivity contribution in [2.24, 2.45) is 7.05 Å². The Balaban J connectivity index is 1.86. The van der Waals surface area contributed by atoms with Gasteiger partial charge in [-0.15, -0.1) is 5.10 Å². The van der Waals surface area contributed by atoms with Gasteiger partial charge in [-0.25, -0.2) is 9.07 Å². The van der Waals surface area contributed by atoms with E-state index in [9.17, 15) is 9.18 Å². The number of H-pyrrole nitrogens is 1. The first-order valence-electron chi connectivity index (χ1n) is 6.77. The van der Waals surface area contributed by atoms with E-state index in [2.05, 4.69) is 25.8 Å². The van der Waals surface area contributed by atoms with Crippen LogP contribution in [0.15, 0.2) is 18.2 Å². The molecule has 3 rings (SSSR count). The second kappa shape index (κ2) is 5.21. The zero-order valence-electron chi connectivity index (χ0n) is 12.4. The Bertz CT molecular complexity index is 852. The summed E-state index contributed by atoms with van der Waals surface area (Å²) in [5, 5.41) is 14.8. The van der Waals surface area contributed by atoms with Gasteiger partial charge in [0.2, 0.25) is 0 Å². The fourth-order valence-corrected chi connectivity index (χ4v) is 2.44. The van der Waals surface area contributed by atoms with Crippen molar-refractivity contribution < 1.29 is 9.18 Å². The molecule has 22 heavy (non-hydrogen) atoms. The Labute approximate surface area is 125 Å². The van der Waals surface area contributed by atoms with Gasteiger partial charge in [-0.1, -0.05) is 0 Å².